The number of rotatable bonds is 1. The van der Waals surface area contributed by atoms with Gasteiger partial charge in [-0.15, -0.1) is 0 Å². The Kier molecular flexibility index (Phi) is 7.89. The van der Waals surface area contributed by atoms with E-state index in [0.29, 0.717) is 6.54 Å². The van der Waals surface area contributed by atoms with E-state index in [1.54, 1.807) is 0 Å². The summed E-state index contributed by atoms with van der Waals surface area (Å²) in [6.45, 7) is 0.472. The van der Waals surface area contributed by atoms with Crippen molar-refractivity contribution in [2.24, 2.45) is 5.73 Å². The molecule has 1 aliphatic rings. The predicted molar refractivity (Wildman–Crippen MR) is 45.2 cm³/mol. The molecule has 11 heavy (non-hydrogen) atoms. The molecular formula is C8H19NO2. The first kappa shape index (κ1) is 10.9. The lowest BCUT2D eigenvalue weighted by Gasteiger charge is -2.14. The number of aliphatic hydroxyl groups excluding tert-OH is 2. The molecule has 0 aromatic heterocycles. The lowest BCUT2D eigenvalue weighted by molar-refractivity contribution is 0.130. The molecule has 0 radical (unpaired) electrons. The molecule has 0 spiro atoms. The summed E-state index contributed by atoms with van der Waals surface area (Å²) in [6.07, 6.45) is 5.92. The summed E-state index contributed by atoms with van der Waals surface area (Å²) >= 11 is 0. The second-order valence-corrected chi connectivity index (χ2v) is 2.80. The second kappa shape index (κ2) is 7.98. The van der Waals surface area contributed by atoms with Crippen molar-refractivity contribution in [1.82, 2.24) is 0 Å². The SMILES string of the molecule is NCCO.OC1CCCCC1. The Labute approximate surface area is 68.2 Å². The van der Waals surface area contributed by atoms with Crippen molar-refractivity contribution >= 4 is 0 Å². The van der Waals surface area contributed by atoms with Gasteiger partial charge in [-0.2, -0.15) is 0 Å². The first-order valence-corrected chi connectivity index (χ1v) is 4.30. The molecule has 0 atom stereocenters. The Balaban J connectivity index is 0.000000218. The third-order valence-electron chi connectivity index (χ3n) is 1.70. The van der Waals surface area contributed by atoms with Gasteiger partial charge in [-0.1, -0.05) is 19.3 Å². The van der Waals surface area contributed by atoms with Crippen LogP contribution in [0, 0.1) is 0 Å². The monoisotopic (exact) mass is 161 g/mol. The summed E-state index contributed by atoms with van der Waals surface area (Å²) < 4.78 is 0. The topological polar surface area (TPSA) is 66.5 Å². The molecule has 4 N–H and O–H groups in total. The van der Waals surface area contributed by atoms with Gasteiger partial charge in [0.25, 0.3) is 0 Å². The third-order valence-corrected chi connectivity index (χ3v) is 1.70. The standard InChI is InChI=1S/C6H12O.C2H7NO/c7-6-4-2-1-3-5-6;3-1-2-4/h6-7H,1-5H2;4H,1-3H2. The zero-order chi connectivity index (χ0) is 8.53. The second-order valence-electron chi connectivity index (χ2n) is 2.80. The quantitative estimate of drug-likeness (QED) is 0.516. The Morgan fingerprint density at radius 2 is 1.64 bits per heavy atom. The van der Waals surface area contributed by atoms with Crippen LogP contribution in [-0.2, 0) is 0 Å². The fourth-order valence-corrected chi connectivity index (χ4v) is 1.08. The van der Waals surface area contributed by atoms with Crippen LogP contribution in [0.2, 0.25) is 0 Å². The van der Waals surface area contributed by atoms with Gasteiger partial charge in [0.15, 0.2) is 0 Å². The fourth-order valence-electron chi connectivity index (χ4n) is 1.08. The molecule has 0 aromatic carbocycles. The fraction of sp³-hybridized carbons (Fsp3) is 1.00. The molecule has 0 saturated heterocycles. The van der Waals surface area contributed by atoms with Crippen LogP contribution < -0.4 is 5.73 Å². The molecule has 0 heterocycles. The highest BCUT2D eigenvalue weighted by molar-refractivity contribution is 4.61. The summed E-state index contributed by atoms with van der Waals surface area (Å²) in [5, 5.41) is 16.7. The van der Waals surface area contributed by atoms with E-state index >= 15 is 0 Å². The van der Waals surface area contributed by atoms with Crippen LogP contribution in [0.25, 0.3) is 0 Å². The highest BCUT2D eigenvalue weighted by atomic mass is 16.3. The first-order chi connectivity index (χ1) is 5.31. The van der Waals surface area contributed by atoms with E-state index in [4.69, 9.17) is 15.9 Å². The maximum absolute atomic E-state index is 8.91. The smallest absolute Gasteiger partial charge is 0.0553 e. The summed E-state index contributed by atoms with van der Waals surface area (Å²) in [5.41, 5.74) is 4.78. The molecule has 0 bridgehead atoms. The molecule has 68 valence electrons. The highest BCUT2D eigenvalue weighted by Crippen LogP contribution is 2.16. The van der Waals surface area contributed by atoms with Crippen molar-refractivity contribution in [3.8, 4) is 0 Å². The van der Waals surface area contributed by atoms with Gasteiger partial charge >= 0.3 is 0 Å². The van der Waals surface area contributed by atoms with Crippen LogP contribution in [-0.4, -0.2) is 29.5 Å². The summed E-state index contributed by atoms with van der Waals surface area (Å²) in [7, 11) is 0. The predicted octanol–water partition coefficient (Wildman–Crippen LogP) is 0.249. The Morgan fingerprint density at radius 1 is 1.18 bits per heavy atom. The Bertz CT molecular complexity index is 70.5. The van der Waals surface area contributed by atoms with Gasteiger partial charge < -0.3 is 15.9 Å². The van der Waals surface area contributed by atoms with E-state index in [1.165, 1.54) is 19.3 Å². The molecule has 1 saturated carbocycles. The van der Waals surface area contributed by atoms with Crippen molar-refractivity contribution in [2.75, 3.05) is 13.2 Å². The summed E-state index contributed by atoms with van der Waals surface area (Å²) in [5.74, 6) is 0. The Hall–Kier alpha value is -0.120. The minimum atomic E-state index is 0.0359. The molecular weight excluding hydrogens is 142 g/mol. The number of nitrogens with two attached hydrogens (primary N) is 1. The molecule has 0 amide bonds. The van der Waals surface area contributed by atoms with Crippen molar-refractivity contribution < 1.29 is 10.2 Å². The molecule has 3 nitrogen and oxygen atoms in total. The average Bonchev–Trinajstić information content (AvgIpc) is 2.07. The van der Waals surface area contributed by atoms with Gasteiger partial charge in [0.2, 0.25) is 0 Å². The van der Waals surface area contributed by atoms with Crippen molar-refractivity contribution in [3.05, 3.63) is 0 Å². The van der Waals surface area contributed by atoms with E-state index in [-0.39, 0.29) is 12.7 Å². The van der Waals surface area contributed by atoms with E-state index in [0.717, 1.165) is 12.8 Å². The molecule has 1 fully saturated rings. The van der Waals surface area contributed by atoms with Crippen LogP contribution in [0.5, 0.6) is 0 Å². The lowest BCUT2D eigenvalue weighted by Crippen LogP contribution is -2.09. The zero-order valence-corrected chi connectivity index (χ0v) is 7.00. The normalized spacial score (nSPS) is 18.8. The van der Waals surface area contributed by atoms with E-state index in [1.807, 2.05) is 0 Å². The third kappa shape index (κ3) is 7.78. The van der Waals surface area contributed by atoms with Gasteiger partial charge in [0.1, 0.15) is 0 Å². The molecule has 0 unspecified atom stereocenters. The van der Waals surface area contributed by atoms with Gasteiger partial charge in [-0.05, 0) is 12.8 Å². The van der Waals surface area contributed by atoms with Gasteiger partial charge in [0.05, 0.1) is 12.7 Å². The summed E-state index contributed by atoms with van der Waals surface area (Å²) in [4.78, 5) is 0. The lowest BCUT2D eigenvalue weighted by atomic mass is 9.98. The summed E-state index contributed by atoms with van der Waals surface area (Å²) in [6, 6.07) is 0. The maximum Gasteiger partial charge on any atom is 0.0553 e. The van der Waals surface area contributed by atoms with Crippen molar-refractivity contribution in [2.45, 2.75) is 38.2 Å². The molecule has 1 rings (SSSR count). The largest absolute Gasteiger partial charge is 0.395 e. The number of aliphatic hydroxyl groups is 2. The van der Waals surface area contributed by atoms with Crippen molar-refractivity contribution in [3.63, 3.8) is 0 Å². The van der Waals surface area contributed by atoms with Crippen LogP contribution in [0.3, 0.4) is 0 Å². The van der Waals surface area contributed by atoms with Gasteiger partial charge in [0, 0.05) is 6.54 Å². The number of hydrogen-bond acceptors (Lipinski definition) is 3. The van der Waals surface area contributed by atoms with E-state index in [9.17, 15) is 0 Å². The minimum Gasteiger partial charge on any atom is -0.395 e. The molecule has 1 aliphatic carbocycles. The van der Waals surface area contributed by atoms with Crippen molar-refractivity contribution in [1.29, 1.82) is 0 Å². The van der Waals surface area contributed by atoms with E-state index < -0.39 is 0 Å². The molecule has 3 heteroatoms. The van der Waals surface area contributed by atoms with Crippen LogP contribution in [0.15, 0.2) is 0 Å². The van der Waals surface area contributed by atoms with Crippen LogP contribution in [0.4, 0.5) is 0 Å². The average molecular weight is 161 g/mol. The van der Waals surface area contributed by atoms with Crippen LogP contribution in [0.1, 0.15) is 32.1 Å². The maximum atomic E-state index is 8.91. The minimum absolute atomic E-state index is 0.0359. The zero-order valence-electron chi connectivity index (χ0n) is 7.00. The molecule has 0 aromatic rings. The van der Waals surface area contributed by atoms with Gasteiger partial charge in [-0.25, -0.2) is 0 Å². The first-order valence-electron chi connectivity index (χ1n) is 4.30. The van der Waals surface area contributed by atoms with Gasteiger partial charge in [-0.3, -0.25) is 0 Å². The van der Waals surface area contributed by atoms with E-state index in [2.05, 4.69) is 0 Å². The Morgan fingerprint density at radius 3 is 1.82 bits per heavy atom. The van der Waals surface area contributed by atoms with Crippen LogP contribution >= 0.6 is 0 Å². The molecule has 0 aliphatic heterocycles. The highest BCUT2D eigenvalue weighted by Gasteiger charge is 2.07. The number of hydrogen-bond donors (Lipinski definition) is 3.